The summed E-state index contributed by atoms with van der Waals surface area (Å²) in [6.07, 6.45) is 1.71. The van der Waals surface area contributed by atoms with E-state index in [0.717, 1.165) is 18.5 Å². The lowest BCUT2D eigenvalue weighted by Crippen LogP contribution is -2.46. The third kappa shape index (κ3) is 4.26. The Bertz CT molecular complexity index is 566. The number of rotatable bonds is 7. The molecule has 1 aliphatic rings. The normalized spacial score (nSPS) is 22.6. The number of hydrogen-bond acceptors (Lipinski definition) is 4. The van der Waals surface area contributed by atoms with Gasteiger partial charge in [0, 0.05) is 13.2 Å². The van der Waals surface area contributed by atoms with E-state index in [2.05, 4.69) is 17.0 Å². The van der Waals surface area contributed by atoms with E-state index in [4.69, 9.17) is 4.74 Å². The van der Waals surface area contributed by atoms with Gasteiger partial charge in [0.1, 0.15) is 0 Å². The summed E-state index contributed by atoms with van der Waals surface area (Å²) >= 11 is 0. The molecule has 1 aromatic rings. The molecule has 0 radical (unpaired) electrons. The summed E-state index contributed by atoms with van der Waals surface area (Å²) in [4.78, 5) is 0.349. The van der Waals surface area contributed by atoms with E-state index in [1.165, 1.54) is 0 Å². The Morgan fingerprint density at radius 1 is 1.33 bits per heavy atom. The first-order valence-corrected chi connectivity index (χ1v) is 8.85. The minimum absolute atomic E-state index is 0.349. The van der Waals surface area contributed by atoms with Crippen LogP contribution in [0.5, 0.6) is 0 Å². The Morgan fingerprint density at radius 2 is 2.10 bits per heavy atom. The number of hydrogen-bond donors (Lipinski definition) is 2. The van der Waals surface area contributed by atoms with Crippen LogP contribution in [-0.2, 0) is 21.3 Å². The van der Waals surface area contributed by atoms with Crippen LogP contribution in [0.1, 0.15) is 32.3 Å². The van der Waals surface area contributed by atoms with Gasteiger partial charge >= 0.3 is 0 Å². The summed E-state index contributed by atoms with van der Waals surface area (Å²) in [5.41, 5.74) is 0.281. The Hall–Kier alpha value is -0.950. The average Bonchev–Trinajstić information content (AvgIpc) is 2.85. The Morgan fingerprint density at radius 3 is 2.76 bits per heavy atom. The largest absolute Gasteiger partial charge is 0.379 e. The molecule has 1 aromatic carbocycles. The van der Waals surface area contributed by atoms with Crippen molar-refractivity contribution in [3.05, 3.63) is 29.8 Å². The SMILES string of the molecule is CCCNCc1ccccc1S(=O)(=O)NC1(C)CCOC1. The molecular weight excluding hydrogens is 288 g/mol. The fourth-order valence-electron chi connectivity index (χ4n) is 2.44. The second kappa shape index (κ2) is 6.87. The molecule has 0 spiro atoms. The highest BCUT2D eigenvalue weighted by Crippen LogP contribution is 2.23. The zero-order chi connectivity index (χ0) is 15.3. The fourth-order valence-corrected chi connectivity index (χ4v) is 4.10. The predicted octanol–water partition coefficient (Wildman–Crippen LogP) is 1.64. The molecule has 0 bridgehead atoms. The van der Waals surface area contributed by atoms with Gasteiger partial charge in [-0.3, -0.25) is 0 Å². The number of ether oxygens (including phenoxy) is 1. The minimum atomic E-state index is -3.54. The third-order valence-electron chi connectivity index (χ3n) is 3.60. The van der Waals surface area contributed by atoms with Crippen LogP contribution in [0.2, 0.25) is 0 Å². The standard InChI is InChI=1S/C15H24N2O3S/c1-3-9-16-11-13-6-4-5-7-14(13)21(18,19)17-15(2)8-10-20-12-15/h4-7,16-17H,3,8-12H2,1-2H3. The van der Waals surface area contributed by atoms with Crippen LogP contribution in [0.25, 0.3) is 0 Å². The quantitative estimate of drug-likeness (QED) is 0.751. The Balaban J connectivity index is 2.19. The van der Waals surface area contributed by atoms with Crippen molar-refractivity contribution >= 4 is 10.0 Å². The number of nitrogens with one attached hydrogen (secondary N) is 2. The van der Waals surface area contributed by atoms with E-state index in [9.17, 15) is 8.42 Å². The molecular formula is C15H24N2O3S. The van der Waals surface area contributed by atoms with Gasteiger partial charge in [-0.05, 0) is 37.9 Å². The van der Waals surface area contributed by atoms with E-state index < -0.39 is 15.6 Å². The fraction of sp³-hybridized carbons (Fsp3) is 0.600. The van der Waals surface area contributed by atoms with Crippen LogP contribution in [0.3, 0.4) is 0 Å². The molecule has 0 amide bonds. The first-order chi connectivity index (χ1) is 9.97. The lowest BCUT2D eigenvalue weighted by molar-refractivity contribution is 0.178. The molecule has 0 aliphatic carbocycles. The summed E-state index contributed by atoms with van der Waals surface area (Å²) in [6, 6.07) is 7.13. The molecule has 0 saturated carbocycles. The minimum Gasteiger partial charge on any atom is -0.379 e. The highest BCUT2D eigenvalue weighted by Gasteiger charge is 2.35. The van der Waals surface area contributed by atoms with Gasteiger partial charge < -0.3 is 10.1 Å². The van der Waals surface area contributed by atoms with Crippen molar-refractivity contribution in [3.8, 4) is 0 Å². The summed E-state index contributed by atoms with van der Waals surface area (Å²) in [5, 5.41) is 3.25. The van der Waals surface area contributed by atoms with Crippen LogP contribution >= 0.6 is 0 Å². The van der Waals surface area contributed by atoms with Gasteiger partial charge in [-0.25, -0.2) is 13.1 Å². The van der Waals surface area contributed by atoms with Crippen molar-refractivity contribution in [2.75, 3.05) is 19.8 Å². The summed E-state index contributed by atoms with van der Waals surface area (Å²) in [5.74, 6) is 0. The van der Waals surface area contributed by atoms with Crippen molar-refractivity contribution in [2.24, 2.45) is 0 Å². The van der Waals surface area contributed by atoms with Gasteiger partial charge in [0.2, 0.25) is 10.0 Å². The number of sulfonamides is 1. The lowest BCUT2D eigenvalue weighted by Gasteiger charge is -2.24. The summed E-state index contributed by atoms with van der Waals surface area (Å²) < 4.78 is 33.4. The zero-order valence-electron chi connectivity index (χ0n) is 12.7. The van der Waals surface area contributed by atoms with Gasteiger partial charge in [0.15, 0.2) is 0 Å². The summed E-state index contributed by atoms with van der Waals surface area (Å²) in [6.45, 7) is 6.40. The summed E-state index contributed by atoms with van der Waals surface area (Å²) in [7, 11) is -3.54. The molecule has 6 heteroatoms. The molecule has 0 aromatic heterocycles. The monoisotopic (exact) mass is 312 g/mol. The molecule has 118 valence electrons. The van der Waals surface area contributed by atoms with E-state index in [1.54, 1.807) is 12.1 Å². The Kier molecular flexibility index (Phi) is 5.37. The lowest BCUT2D eigenvalue weighted by atomic mass is 10.0. The number of benzene rings is 1. The van der Waals surface area contributed by atoms with E-state index in [1.807, 2.05) is 19.1 Å². The highest BCUT2D eigenvalue weighted by atomic mass is 32.2. The van der Waals surface area contributed by atoms with Crippen LogP contribution in [-0.4, -0.2) is 33.7 Å². The topological polar surface area (TPSA) is 67.4 Å². The van der Waals surface area contributed by atoms with Crippen molar-refractivity contribution in [3.63, 3.8) is 0 Å². The molecule has 2 N–H and O–H groups in total. The van der Waals surface area contributed by atoms with Crippen LogP contribution in [0.15, 0.2) is 29.2 Å². The van der Waals surface area contributed by atoms with Crippen molar-refractivity contribution in [1.82, 2.24) is 10.0 Å². The van der Waals surface area contributed by atoms with Gasteiger partial charge in [0.05, 0.1) is 17.0 Å². The smallest absolute Gasteiger partial charge is 0.241 e. The van der Waals surface area contributed by atoms with Crippen molar-refractivity contribution < 1.29 is 13.2 Å². The third-order valence-corrected chi connectivity index (χ3v) is 5.34. The van der Waals surface area contributed by atoms with Gasteiger partial charge in [0.25, 0.3) is 0 Å². The van der Waals surface area contributed by atoms with Crippen molar-refractivity contribution in [2.45, 2.75) is 43.7 Å². The van der Waals surface area contributed by atoms with Crippen LogP contribution in [0.4, 0.5) is 0 Å². The second-order valence-electron chi connectivity index (χ2n) is 5.75. The van der Waals surface area contributed by atoms with E-state index >= 15 is 0 Å². The molecule has 1 atom stereocenters. The van der Waals surface area contributed by atoms with Gasteiger partial charge in [-0.15, -0.1) is 0 Å². The van der Waals surface area contributed by atoms with Crippen LogP contribution < -0.4 is 10.0 Å². The molecule has 1 saturated heterocycles. The predicted molar refractivity (Wildman–Crippen MR) is 82.6 cm³/mol. The van der Waals surface area contributed by atoms with E-state index in [0.29, 0.717) is 31.1 Å². The molecule has 1 heterocycles. The molecule has 21 heavy (non-hydrogen) atoms. The first kappa shape index (κ1) is 16.4. The molecule has 1 aliphatic heterocycles. The molecule has 2 rings (SSSR count). The van der Waals surface area contributed by atoms with Gasteiger partial charge in [-0.2, -0.15) is 0 Å². The maximum Gasteiger partial charge on any atom is 0.241 e. The molecule has 5 nitrogen and oxygen atoms in total. The Labute approximate surface area is 127 Å². The van der Waals surface area contributed by atoms with Gasteiger partial charge in [-0.1, -0.05) is 25.1 Å². The van der Waals surface area contributed by atoms with Crippen molar-refractivity contribution in [1.29, 1.82) is 0 Å². The highest BCUT2D eigenvalue weighted by molar-refractivity contribution is 7.89. The zero-order valence-corrected chi connectivity index (χ0v) is 13.5. The average molecular weight is 312 g/mol. The van der Waals surface area contributed by atoms with E-state index in [-0.39, 0.29) is 0 Å². The second-order valence-corrected chi connectivity index (χ2v) is 7.40. The maximum atomic E-state index is 12.7. The molecule has 1 fully saturated rings. The molecule has 1 unspecified atom stereocenters. The maximum absolute atomic E-state index is 12.7. The first-order valence-electron chi connectivity index (χ1n) is 7.37. The van der Waals surface area contributed by atoms with Crippen LogP contribution in [0, 0.1) is 0 Å².